The predicted octanol–water partition coefficient (Wildman–Crippen LogP) is 17.6. The van der Waals surface area contributed by atoms with E-state index in [0.29, 0.717) is 5.92 Å². The Balaban J connectivity index is 1.52. The molecule has 0 nitrogen and oxygen atoms in total. The molecule has 0 radical (unpaired) electrons. The number of hydrogen-bond acceptors (Lipinski definition) is 0. The van der Waals surface area contributed by atoms with Gasteiger partial charge in [-0.2, -0.15) is 0 Å². The standard InChI is InChI=1S/C72H94Si/c1-47-48(2)50(4)66(49(47)3)73(63-29-23-26-51(41-63)32-54-35-57(67(5,6)7)44-58(36-54)68(8,9)10,64-30-24-27-52(42-64)33-55-37-59(69(11,12)13)45-60(38-55)70(14,15)16)65-31-25-28-53(43-65)34-56-39-61(71(17,18)19)46-62(40-56)72(20,21)22/h23-31,35-46,49H,32-34H2,1-22H3. The summed E-state index contributed by atoms with van der Waals surface area (Å²) >= 11 is 0. The molecule has 0 aromatic heterocycles. The number of allylic oxidation sites excluding steroid dienone is 4. The quantitative estimate of drug-likeness (QED) is 0.0948. The fraction of sp³-hybridized carbons (Fsp3) is 0.444. The molecule has 386 valence electrons. The third kappa shape index (κ3) is 12.1. The van der Waals surface area contributed by atoms with E-state index in [1.165, 1.54) is 99.0 Å². The van der Waals surface area contributed by atoms with Gasteiger partial charge in [-0.1, -0.05) is 275 Å². The van der Waals surface area contributed by atoms with Gasteiger partial charge in [0, 0.05) is 0 Å². The zero-order chi connectivity index (χ0) is 54.0. The van der Waals surface area contributed by atoms with Gasteiger partial charge in [-0.25, -0.2) is 0 Å². The first-order chi connectivity index (χ1) is 33.6. The molecule has 0 saturated heterocycles. The maximum atomic E-state index is 2.65. The van der Waals surface area contributed by atoms with Crippen LogP contribution in [0.5, 0.6) is 0 Å². The van der Waals surface area contributed by atoms with Crippen molar-refractivity contribution >= 4 is 23.6 Å². The molecule has 1 unspecified atom stereocenters. The lowest BCUT2D eigenvalue weighted by atomic mass is 9.79. The molecular weight excluding hydrogens is 893 g/mol. The molecule has 0 fully saturated rings. The van der Waals surface area contributed by atoms with Crippen LogP contribution in [-0.2, 0) is 51.8 Å². The molecule has 7 rings (SSSR count). The van der Waals surface area contributed by atoms with Gasteiger partial charge in [-0.3, -0.25) is 0 Å². The van der Waals surface area contributed by atoms with Crippen molar-refractivity contribution < 1.29 is 0 Å². The molecule has 6 aromatic carbocycles. The second kappa shape index (κ2) is 19.9. The Hall–Kier alpha value is -4.98. The van der Waals surface area contributed by atoms with Crippen LogP contribution in [0.15, 0.2) is 149 Å². The van der Waals surface area contributed by atoms with Gasteiger partial charge < -0.3 is 0 Å². The molecule has 1 heteroatoms. The van der Waals surface area contributed by atoms with Gasteiger partial charge in [0.1, 0.15) is 0 Å². The zero-order valence-corrected chi connectivity index (χ0v) is 50.8. The summed E-state index contributed by atoms with van der Waals surface area (Å²) in [6, 6.07) is 52.1. The lowest BCUT2D eigenvalue weighted by Crippen LogP contribution is -2.69. The summed E-state index contributed by atoms with van der Waals surface area (Å²) in [6.07, 6.45) is 2.65. The molecule has 0 heterocycles. The largest absolute Gasteiger partial charge is 0.176 e. The minimum Gasteiger partial charge on any atom is -0.0636 e. The summed E-state index contributed by atoms with van der Waals surface area (Å²) in [5.41, 5.74) is 21.5. The Morgan fingerprint density at radius 2 is 0.562 bits per heavy atom. The Morgan fingerprint density at radius 1 is 0.315 bits per heavy atom. The van der Waals surface area contributed by atoms with E-state index in [4.69, 9.17) is 0 Å². The molecule has 0 spiro atoms. The van der Waals surface area contributed by atoms with E-state index in [2.05, 4.69) is 280 Å². The third-order valence-corrected chi connectivity index (χ3v) is 21.7. The molecule has 0 aliphatic heterocycles. The van der Waals surface area contributed by atoms with Crippen LogP contribution < -0.4 is 15.6 Å². The summed E-state index contributed by atoms with van der Waals surface area (Å²) in [7, 11) is -3.05. The minimum absolute atomic E-state index is 0.0477. The number of hydrogen-bond donors (Lipinski definition) is 0. The van der Waals surface area contributed by atoms with Gasteiger partial charge in [0.25, 0.3) is 0 Å². The van der Waals surface area contributed by atoms with Crippen molar-refractivity contribution in [3.8, 4) is 0 Å². The van der Waals surface area contributed by atoms with Gasteiger partial charge in [0.2, 0.25) is 0 Å². The fourth-order valence-electron chi connectivity index (χ4n) is 11.4. The van der Waals surface area contributed by atoms with Crippen LogP contribution in [0.4, 0.5) is 0 Å². The van der Waals surface area contributed by atoms with Gasteiger partial charge >= 0.3 is 0 Å². The predicted molar refractivity (Wildman–Crippen MR) is 324 cm³/mol. The molecule has 1 atom stereocenters. The Morgan fingerprint density at radius 3 is 0.767 bits per heavy atom. The van der Waals surface area contributed by atoms with Crippen LogP contribution >= 0.6 is 0 Å². The molecule has 0 bridgehead atoms. The number of rotatable bonds is 10. The Bertz CT molecular complexity index is 2670. The van der Waals surface area contributed by atoms with Crippen LogP contribution in [0, 0.1) is 5.92 Å². The van der Waals surface area contributed by atoms with Gasteiger partial charge in [0.05, 0.1) is 0 Å². The summed E-state index contributed by atoms with van der Waals surface area (Å²) in [6.45, 7) is 52.1. The number of benzene rings is 6. The van der Waals surface area contributed by atoms with E-state index < -0.39 is 8.07 Å². The molecule has 6 aromatic rings. The summed E-state index contributed by atoms with van der Waals surface area (Å²) in [5.74, 6) is 0.302. The highest BCUT2D eigenvalue weighted by molar-refractivity contribution is 7.16. The third-order valence-electron chi connectivity index (χ3n) is 16.5. The van der Waals surface area contributed by atoms with Crippen LogP contribution in [0.2, 0.25) is 0 Å². The van der Waals surface area contributed by atoms with Gasteiger partial charge in [-0.15, -0.1) is 0 Å². The van der Waals surface area contributed by atoms with E-state index >= 15 is 0 Å². The first-order valence-corrected chi connectivity index (χ1v) is 29.7. The van der Waals surface area contributed by atoms with Gasteiger partial charge in [-0.05, 0) is 166 Å². The first kappa shape index (κ1) is 55.8. The lowest BCUT2D eigenvalue weighted by molar-refractivity contribution is 0.566. The maximum absolute atomic E-state index is 3.05. The van der Waals surface area contributed by atoms with Crippen molar-refractivity contribution in [2.24, 2.45) is 5.92 Å². The first-order valence-electron chi connectivity index (χ1n) is 27.7. The van der Waals surface area contributed by atoms with Crippen molar-refractivity contribution in [2.45, 2.75) is 204 Å². The van der Waals surface area contributed by atoms with Crippen LogP contribution in [-0.4, -0.2) is 8.07 Å². The summed E-state index contributed by atoms with van der Waals surface area (Å²) in [4.78, 5) is 0. The van der Waals surface area contributed by atoms with E-state index in [1.54, 1.807) is 5.20 Å². The van der Waals surface area contributed by atoms with Crippen molar-refractivity contribution in [3.05, 3.63) is 216 Å². The normalized spacial score (nSPS) is 15.5. The lowest BCUT2D eigenvalue weighted by Gasteiger charge is -2.39. The Labute approximate surface area is 447 Å². The molecule has 1 aliphatic carbocycles. The fourth-order valence-corrected chi connectivity index (χ4v) is 17.2. The van der Waals surface area contributed by atoms with Gasteiger partial charge in [0.15, 0.2) is 8.07 Å². The Kier molecular flexibility index (Phi) is 15.2. The van der Waals surface area contributed by atoms with E-state index in [9.17, 15) is 0 Å². The molecule has 0 amide bonds. The van der Waals surface area contributed by atoms with Crippen molar-refractivity contribution in [2.75, 3.05) is 0 Å². The molecule has 0 saturated carbocycles. The second-order valence-electron chi connectivity index (χ2n) is 28.7. The molecule has 1 aliphatic rings. The van der Waals surface area contributed by atoms with Crippen LogP contribution in [0.1, 0.15) is 219 Å². The topological polar surface area (TPSA) is 0 Å². The maximum Gasteiger partial charge on any atom is 0.176 e. The highest BCUT2D eigenvalue weighted by Crippen LogP contribution is 2.42. The second-order valence-corrected chi connectivity index (χ2v) is 32.5. The van der Waals surface area contributed by atoms with Crippen molar-refractivity contribution in [1.29, 1.82) is 0 Å². The van der Waals surface area contributed by atoms with E-state index in [-0.39, 0.29) is 32.5 Å². The average Bonchev–Trinajstić information content (AvgIpc) is 3.46. The highest BCUT2D eigenvalue weighted by atomic mass is 28.3. The van der Waals surface area contributed by atoms with Crippen LogP contribution in [0.3, 0.4) is 0 Å². The van der Waals surface area contributed by atoms with Crippen molar-refractivity contribution in [1.82, 2.24) is 0 Å². The summed E-state index contributed by atoms with van der Waals surface area (Å²) < 4.78 is 0. The monoisotopic (exact) mass is 987 g/mol. The average molecular weight is 988 g/mol. The summed E-state index contributed by atoms with van der Waals surface area (Å²) in [5, 5.41) is 6.05. The molecule has 73 heavy (non-hydrogen) atoms. The van der Waals surface area contributed by atoms with E-state index in [0.717, 1.165) is 19.3 Å². The highest BCUT2D eigenvalue weighted by Gasteiger charge is 2.48. The molecule has 0 N–H and O–H groups in total. The molecular formula is C72H94Si. The smallest absolute Gasteiger partial charge is 0.0636 e. The van der Waals surface area contributed by atoms with Crippen molar-refractivity contribution in [3.63, 3.8) is 0 Å². The van der Waals surface area contributed by atoms with Crippen LogP contribution in [0.25, 0.3) is 0 Å². The minimum atomic E-state index is -3.05. The van der Waals surface area contributed by atoms with E-state index in [1.807, 2.05) is 0 Å². The zero-order valence-electron chi connectivity index (χ0n) is 49.8. The SMILES string of the molecule is CC1=C(C)C(C)C([Si](c2cccc(Cc3cc(C(C)(C)C)cc(C(C)(C)C)c3)c2)(c2cccc(Cc3cc(C(C)(C)C)cc(C(C)(C)C)c3)c2)c2cccc(Cc3cc(C(C)(C)C)cc(C(C)(C)C)c3)c2)=C1C.